The molecule has 5 heteroatoms. The number of morpholine rings is 1. The predicted molar refractivity (Wildman–Crippen MR) is 111 cm³/mol. The lowest BCUT2D eigenvalue weighted by Crippen LogP contribution is -2.41. The van der Waals surface area contributed by atoms with E-state index in [-0.39, 0.29) is 12.0 Å². The monoisotopic (exact) mass is 375 g/mol. The third-order valence-corrected chi connectivity index (χ3v) is 5.81. The van der Waals surface area contributed by atoms with E-state index in [2.05, 4.69) is 76.7 Å². The zero-order chi connectivity index (χ0) is 18.9. The number of aromatic nitrogens is 1. The van der Waals surface area contributed by atoms with Gasteiger partial charge in [-0.1, -0.05) is 53.2 Å². The number of fused-ring (bicyclic) bond motifs is 1. The largest absolute Gasteiger partial charge is 0.386 e. The first-order valence-corrected chi connectivity index (χ1v) is 9.96. The van der Waals surface area contributed by atoms with E-state index in [9.17, 15) is 0 Å². The van der Waals surface area contributed by atoms with Crippen molar-refractivity contribution in [3.05, 3.63) is 71.4 Å². The van der Waals surface area contributed by atoms with Gasteiger partial charge >= 0.3 is 0 Å². The molecule has 2 aromatic carbocycles. The van der Waals surface area contributed by atoms with Gasteiger partial charge in [0.2, 0.25) is 0 Å². The molecule has 5 rings (SSSR count). The molecule has 2 aliphatic heterocycles. The van der Waals surface area contributed by atoms with Gasteiger partial charge in [-0.15, -0.1) is 0 Å². The van der Waals surface area contributed by atoms with Crippen LogP contribution >= 0.6 is 0 Å². The summed E-state index contributed by atoms with van der Waals surface area (Å²) in [6, 6.07) is 17.0. The summed E-state index contributed by atoms with van der Waals surface area (Å²) < 4.78 is 5.54. The molecule has 28 heavy (non-hydrogen) atoms. The molecule has 1 fully saturated rings. The number of hydrogen-bond acceptors (Lipinski definition) is 4. The third-order valence-electron chi connectivity index (χ3n) is 5.81. The van der Waals surface area contributed by atoms with Gasteiger partial charge in [0, 0.05) is 42.3 Å². The minimum Gasteiger partial charge on any atom is -0.386 e. The van der Waals surface area contributed by atoms with E-state index in [0.717, 1.165) is 49.6 Å². The lowest BCUT2D eigenvalue weighted by molar-refractivity contribution is 0.0141. The number of oxime groups is 1. The van der Waals surface area contributed by atoms with Crippen LogP contribution in [-0.2, 0) is 9.57 Å². The van der Waals surface area contributed by atoms with Crippen LogP contribution in [0.4, 0.5) is 0 Å². The van der Waals surface area contributed by atoms with Crippen molar-refractivity contribution in [3.8, 4) is 0 Å². The highest BCUT2D eigenvalue weighted by Crippen LogP contribution is 2.39. The summed E-state index contributed by atoms with van der Waals surface area (Å²) in [5, 5.41) is 5.78. The van der Waals surface area contributed by atoms with E-state index in [1.165, 1.54) is 16.5 Å². The van der Waals surface area contributed by atoms with Crippen LogP contribution in [-0.4, -0.2) is 48.4 Å². The first kappa shape index (κ1) is 17.5. The molecule has 0 saturated carbocycles. The second kappa shape index (κ2) is 7.41. The van der Waals surface area contributed by atoms with Crippen LogP contribution in [0.1, 0.15) is 22.8 Å². The molecule has 144 valence electrons. The Hall–Kier alpha value is -2.63. The highest BCUT2D eigenvalue weighted by atomic mass is 16.6. The van der Waals surface area contributed by atoms with Gasteiger partial charge in [-0.2, -0.15) is 0 Å². The molecule has 0 spiro atoms. The maximum atomic E-state index is 6.07. The van der Waals surface area contributed by atoms with Gasteiger partial charge in [0.25, 0.3) is 0 Å². The molecule has 3 heterocycles. The Kier molecular flexibility index (Phi) is 4.63. The average molecular weight is 375 g/mol. The summed E-state index contributed by atoms with van der Waals surface area (Å²) in [5.41, 5.74) is 5.75. The SMILES string of the molecule is Cc1ccc(C2=NOC(c3c[nH]c4ccccc34)C2CN2CCOCC2)cc1. The second-order valence-electron chi connectivity index (χ2n) is 7.68. The Morgan fingerprint density at radius 1 is 1.07 bits per heavy atom. The van der Waals surface area contributed by atoms with Crippen molar-refractivity contribution in [1.82, 2.24) is 9.88 Å². The molecule has 0 bridgehead atoms. The number of ether oxygens (including phenoxy) is 1. The molecule has 5 nitrogen and oxygen atoms in total. The first-order valence-electron chi connectivity index (χ1n) is 9.96. The number of nitrogens with zero attached hydrogens (tertiary/aromatic N) is 2. The summed E-state index contributed by atoms with van der Waals surface area (Å²) >= 11 is 0. The van der Waals surface area contributed by atoms with E-state index < -0.39 is 0 Å². The zero-order valence-electron chi connectivity index (χ0n) is 16.1. The lowest BCUT2D eigenvalue weighted by atomic mass is 9.87. The first-order chi connectivity index (χ1) is 13.8. The summed E-state index contributed by atoms with van der Waals surface area (Å²) in [7, 11) is 0. The molecule has 2 unspecified atom stereocenters. The second-order valence-corrected chi connectivity index (χ2v) is 7.68. The number of para-hydroxylation sites is 1. The molecule has 0 aliphatic carbocycles. The van der Waals surface area contributed by atoms with Crippen LogP contribution in [0.3, 0.4) is 0 Å². The minimum absolute atomic E-state index is 0.0877. The predicted octanol–water partition coefficient (Wildman–Crippen LogP) is 3.90. The molecule has 2 aliphatic rings. The molecule has 1 aromatic heterocycles. The Morgan fingerprint density at radius 3 is 2.68 bits per heavy atom. The molecule has 1 saturated heterocycles. The standard InChI is InChI=1S/C23H25N3O2/c1-16-6-8-17(9-7-16)22-20(15-26-10-12-27-13-11-26)23(28-25-22)19-14-24-21-5-3-2-4-18(19)21/h2-9,14,20,23-24H,10-13,15H2,1H3. The number of nitrogens with one attached hydrogen (secondary N) is 1. The number of benzene rings is 2. The quantitative estimate of drug-likeness (QED) is 0.752. The maximum Gasteiger partial charge on any atom is 0.164 e. The fraction of sp³-hybridized carbons (Fsp3) is 0.348. The number of aromatic amines is 1. The van der Waals surface area contributed by atoms with Gasteiger partial charge in [-0.25, -0.2) is 0 Å². The van der Waals surface area contributed by atoms with Gasteiger partial charge in [0.1, 0.15) is 0 Å². The zero-order valence-corrected chi connectivity index (χ0v) is 16.1. The smallest absolute Gasteiger partial charge is 0.164 e. The van der Waals surface area contributed by atoms with Crippen molar-refractivity contribution < 1.29 is 9.57 Å². The summed E-state index contributed by atoms with van der Waals surface area (Å²) in [6.07, 6.45) is 1.99. The summed E-state index contributed by atoms with van der Waals surface area (Å²) in [6.45, 7) is 6.53. The van der Waals surface area contributed by atoms with Crippen molar-refractivity contribution in [1.29, 1.82) is 0 Å². The van der Waals surface area contributed by atoms with Crippen LogP contribution in [0.15, 0.2) is 59.9 Å². The van der Waals surface area contributed by atoms with Crippen molar-refractivity contribution in [3.63, 3.8) is 0 Å². The Balaban J connectivity index is 1.50. The van der Waals surface area contributed by atoms with Crippen LogP contribution in [0, 0.1) is 12.8 Å². The fourth-order valence-corrected chi connectivity index (χ4v) is 4.24. The highest BCUT2D eigenvalue weighted by Gasteiger charge is 2.38. The topological polar surface area (TPSA) is 49.8 Å². The van der Waals surface area contributed by atoms with E-state index in [0.29, 0.717) is 0 Å². The van der Waals surface area contributed by atoms with Crippen molar-refractivity contribution in [2.45, 2.75) is 13.0 Å². The van der Waals surface area contributed by atoms with Gasteiger partial charge in [-0.3, -0.25) is 4.90 Å². The van der Waals surface area contributed by atoms with Crippen LogP contribution in [0.2, 0.25) is 0 Å². The number of hydrogen-bond donors (Lipinski definition) is 1. The van der Waals surface area contributed by atoms with Crippen molar-refractivity contribution >= 4 is 16.6 Å². The van der Waals surface area contributed by atoms with Crippen molar-refractivity contribution in [2.75, 3.05) is 32.8 Å². The van der Waals surface area contributed by atoms with Crippen LogP contribution in [0.5, 0.6) is 0 Å². The normalized spacial score (nSPS) is 23.0. The summed E-state index contributed by atoms with van der Waals surface area (Å²) in [4.78, 5) is 11.9. The molecule has 1 N–H and O–H groups in total. The molecular formula is C23H25N3O2. The molecular weight excluding hydrogens is 350 g/mol. The number of rotatable bonds is 4. The van der Waals surface area contributed by atoms with E-state index in [4.69, 9.17) is 9.57 Å². The number of H-pyrrole nitrogens is 1. The maximum absolute atomic E-state index is 6.07. The van der Waals surface area contributed by atoms with E-state index >= 15 is 0 Å². The minimum atomic E-state index is -0.0877. The van der Waals surface area contributed by atoms with Crippen LogP contribution in [0.25, 0.3) is 10.9 Å². The van der Waals surface area contributed by atoms with Gasteiger partial charge in [0.15, 0.2) is 6.10 Å². The Labute approximate surface area is 164 Å². The Bertz CT molecular complexity index is 987. The molecule has 3 aromatic rings. The van der Waals surface area contributed by atoms with Gasteiger partial charge in [0.05, 0.1) is 24.8 Å². The Morgan fingerprint density at radius 2 is 1.86 bits per heavy atom. The van der Waals surface area contributed by atoms with Crippen LogP contribution < -0.4 is 0 Å². The van der Waals surface area contributed by atoms with Gasteiger partial charge < -0.3 is 14.6 Å². The summed E-state index contributed by atoms with van der Waals surface area (Å²) in [5.74, 6) is 0.181. The molecule has 2 atom stereocenters. The van der Waals surface area contributed by atoms with Gasteiger partial charge in [-0.05, 0) is 18.6 Å². The third kappa shape index (κ3) is 3.21. The van der Waals surface area contributed by atoms with E-state index in [1.54, 1.807) is 0 Å². The molecule has 0 radical (unpaired) electrons. The average Bonchev–Trinajstić information content (AvgIpc) is 3.33. The number of aryl methyl sites for hydroxylation is 1. The fourth-order valence-electron chi connectivity index (χ4n) is 4.24. The highest BCUT2D eigenvalue weighted by molar-refractivity contribution is 6.03. The van der Waals surface area contributed by atoms with Crippen molar-refractivity contribution in [2.24, 2.45) is 11.1 Å². The lowest BCUT2D eigenvalue weighted by Gasteiger charge is -2.30. The molecule has 0 amide bonds. The van der Waals surface area contributed by atoms with E-state index in [1.807, 2.05) is 0 Å².